The molecule has 2 N–H and O–H groups in total. The molecule has 2 radical (unpaired) electrons. The number of aromatic nitrogens is 2. The van der Waals surface area contributed by atoms with Gasteiger partial charge >= 0.3 is 0 Å². The topological polar surface area (TPSA) is 50.1 Å². The van der Waals surface area contributed by atoms with Crippen LogP contribution in [0.3, 0.4) is 0 Å². The lowest BCUT2D eigenvalue weighted by atomic mass is 9.96. The monoisotopic (exact) mass is 249 g/mol. The van der Waals surface area contributed by atoms with E-state index in [2.05, 4.69) is 10.3 Å². The van der Waals surface area contributed by atoms with Gasteiger partial charge in [0.25, 0.3) is 0 Å². The molecule has 0 saturated carbocycles. The molecule has 92 valence electrons. The van der Waals surface area contributed by atoms with E-state index in [-0.39, 0.29) is 5.75 Å². The van der Waals surface area contributed by atoms with Crippen molar-refractivity contribution < 1.29 is 5.11 Å². The van der Waals surface area contributed by atoms with Gasteiger partial charge in [-0.1, -0.05) is 17.6 Å². The number of nitrogens with zero attached hydrogens (tertiary/aromatic N) is 2. The highest BCUT2D eigenvalue weighted by Crippen LogP contribution is 2.24. The first-order valence-corrected chi connectivity index (χ1v) is 5.91. The second-order valence-electron chi connectivity index (χ2n) is 4.42. The third kappa shape index (κ3) is 2.15. The minimum absolute atomic E-state index is 0.209. The second-order valence-corrected chi connectivity index (χ2v) is 4.42. The highest BCUT2D eigenvalue weighted by atomic mass is 16.3. The molecule has 3 aromatic rings. The van der Waals surface area contributed by atoms with Crippen LogP contribution in [0.1, 0.15) is 0 Å². The Morgan fingerprint density at radius 3 is 2.84 bits per heavy atom. The van der Waals surface area contributed by atoms with Gasteiger partial charge in [0.15, 0.2) is 0 Å². The SMILES string of the molecule is [B]c1cccc(Nc2nc3cc(O)ccc3n2C)c1. The van der Waals surface area contributed by atoms with Crippen molar-refractivity contribution in [3.63, 3.8) is 0 Å². The van der Waals surface area contributed by atoms with Crippen molar-refractivity contribution in [3.05, 3.63) is 42.5 Å². The average Bonchev–Trinajstić information content (AvgIpc) is 2.66. The lowest BCUT2D eigenvalue weighted by Gasteiger charge is -2.06. The van der Waals surface area contributed by atoms with E-state index in [0.29, 0.717) is 11.4 Å². The predicted octanol–water partition coefficient (Wildman–Crippen LogP) is 1.82. The van der Waals surface area contributed by atoms with Crippen molar-refractivity contribution in [2.75, 3.05) is 5.32 Å². The number of aryl methyl sites for hydroxylation is 1. The summed E-state index contributed by atoms with van der Waals surface area (Å²) in [6.07, 6.45) is 0. The van der Waals surface area contributed by atoms with Crippen LogP contribution in [0.2, 0.25) is 0 Å². The van der Waals surface area contributed by atoms with Crippen molar-refractivity contribution in [1.29, 1.82) is 0 Å². The van der Waals surface area contributed by atoms with Crippen LogP contribution in [-0.4, -0.2) is 22.5 Å². The number of fused-ring (bicyclic) bond motifs is 1. The molecule has 0 bridgehead atoms. The van der Waals surface area contributed by atoms with Gasteiger partial charge in [-0.3, -0.25) is 0 Å². The molecule has 0 aliphatic carbocycles. The second kappa shape index (κ2) is 4.35. The molecule has 2 aromatic carbocycles. The summed E-state index contributed by atoms with van der Waals surface area (Å²) in [4.78, 5) is 4.45. The van der Waals surface area contributed by atoms with E-state index in [1.807, 2.05) is 41.9 Å². The molecule has 0 aliphatic rings. The fraction of sp³-hybridized carbons (Fsp3) is 0.0714. The van der Waals surface area contributed by atoms with Crippen LogP contribution >= 0.6 is 0 Å². The van der Waals surface area contributed by atoms with Gasteiger partial charge < -0.3 is 15.0 Å². The van der Waals surface area contributed by atoms with E-state index >= 15 is 0 Å². The Morgan fingerprint density at radius 2 is 2.05 bits per heavy atom. The number of phenols is 1. The Hall–Kier alpha value is -2.43. The Bertz CT molecular complexity index is 752. The van der Waals surface area contributed by atoms with E-state index in [1.165, 1.54) is 0 Å². The van der Waals surface area contributed by atoms with Crippen LogP contribution in [0.25, 0.3) is 11.0 Å². The predicted molar refractivity (Wildman–Crippen MR) is 77.5 cm³/mol. The molecule has 0 aliphatic heterocycles. The third-order valence-electron chi connectivity index (χ3n) is 3.01. The van der Waals surface area contributed by atoms with Gasteiger partial charge in [-0.2, -0.15) is 0 Å². The molecular formula is C14H12BN3O. The van der Waals surface area contributed by atoms with Gasteiger partial charge in [-0.25, -0.2) is 4.98 Å². The number of hydrogen-bond acceptors (Lipinski definition) is 3. The van der Waals surface area contributed by atoms with Crippen molar-refractivity contribution in [2.45, 2.75) is 0 Å². The Morgan fingerprint density at radius 1 is 1.21 bits per heavy atom. The number of anilines is 2. The largest absolute Gasteiger partial charge is 0.508 e. The van der Waals surface area contributed by atoms with Crippen LogP contribution in [0, 0.1) is 0 Å². The molecule has 0 amide bonds. The van der Waals surface area contributed by atoms with Gasteiger partial charge in [-0.15, -0.1) is 0 Å². The molecule has 1 aromatic heterocycles. The molecule has 0 spiro atoms. The maximum Gasteiger partial charge on any atom is 0.208 e. The van der Waals surface area contributed by atoms with Crippen LogP contribution < -0.4 is 10.8 Å². The normalized spacial score (nSPS) is 10.8. The standard InChI is InChI=1S/C14H12BN3O/c1-18-13-6-5-11(19)8-12(13)17-14(18)16-10-4-2-3-9(15)7-10/h2-8,19H,1H3,(H,16,17). The maximum atomic E-state index is 9.47. The molecule has 0 fully saturated rings. The van der Waals surface area contributed by atoms with Gasteiger partial charge in [0, 0.05) is 18.8 Å². The van der Waals surface area contributed by atoms with Gasteiger partial charge in [0.1, 0.15) is 13.6 Å². The Kier molecular flexibility index (Phi) is 2.67. The van der Waals surface area contributed by atoms with Crippen LogP contribution in [0.5, 0.6) is 5.75 Å². The summed E-state index contributed by atoms with van der Waals surface area (Å²) >= 11 is 0. The lowest BCUT2D eigenvalue weighted by molar-refractivity contribution is 0.476. The number of imidazole rings is 1. The minimum Gasteiger partial charge on any atom is -0.508 e. The number of hydrogen-bond donors (Lipinski definition) is 2. The zero-order valence-electron chi connectivity index (χ0n) is 10.5. The van der Waals surface area contributed by atoms with E-state index < -0.39 is 0 Å². The smallest absolute Gasteiger partial charge is 0.208 e. The van der Waals surface area contributed by atoms with Crippen molar-refractivity contribution in [1.82, 2.24) is 9.55 Å². The summed E-state index contributed by atoms with van der Waals surface area (Å²) < 4.78 is 1.93. The molecule has 19 heavy (non-hydrogen) atoms. The summed E-state index contributed by atoms with van der Waals surface area (Å²) in [7, 11) is 7.66. The molecule has 0 atom stereocenters. The van der Waals surface area contributed by atoms with E-state index in [4.69, 9.17) is 7.85 Å². The highest BCUT2D eigenvalue weighted by molar-refractivity contribution is 6.32. The summed E-state index contributed by atoms with van der Waals surface area (Å²) in [5.41, 5.74) is 3.27. The fourth-order valence-corrected chi connectivity index (χ4v) is 2.05. The van der Waals surface area contributed by atoms with Gasteiger partial charge in [0.05, 0.1) is 11.0 Å². The molecular weight excluding hydrogens is 237 g/mol. The summed E-state index contributed by atoms with van der Waals surface area (Å²) in [6.45, 7) is 0. The fourth-order valence-electron chi connectivity index (χ4n) is 2.05. The highest BCUT2D eigenvalue weighted by Gasteiger charge is 2.08. The number of benzene rings is 2. The number of phenolic OH excluding ortho intramolecular Hbond substituents is 1. The van der Waals surface area contributed by atoms with E-state index in [0.717, 1.165) is 16.7 Å². The zero-order chi connectivity index (χ0) is 13.4. The molecule has 0 saturated heterocycles. The van der Waals surface area contributed by atoms with E-state index in [9.17, 15) is 5.11 Å². The van der Waals surface area contributed by atoms with Crippen LogP contribution in [0.4, 0.5) is 11.6 Å². The first-order valence-electron chi connectivity index (χ1n) is 5.91. The van der Waals surface area contributed by atoms with Crippen LogP contribution in [-0.2, 0) is 7.05 Å². The van der Waals surface area contributed by atoms with Crippen LogP contribution in [0.15, 0.2) is 42.5 Å². The zero-order valence-corrected chi connectivity index (χ0v) is 10.5. The molecule has 4 nitrogen and oxygen atoms in total. The summed E-state index contributed by atoms with van der Waals surface area (Å²) in [6, 6.07) is 12.6. The van der Waals surface area contributed by atoms with Crippen molar-refractivity contribution in [2.24, 2.45) is 7.05 Å². The van der Waals surface area contributed by atoms with Gasteiger partial charge in [0.2, 0.25) is 5.95 Å². The number of rotatable bonds is 2. The minimum atomic E-state index is 0.209. The summed E-state index contributed by atoms with van der Waals surface area (Å²) in [5, 5.41) is 12.7. The Labute approximate surface area is 112 Å². The lowest BCUT2D eigenvalue weighted by Crippen LogP contribution is -2.04. The summed E-state index contributed by atoms with van der Waals surface area (Å²) in [5.74, 6) is 0.910. The number of nitrogens with one attached hydrogen (secondary N) is 1. The third-order valence-corrected chi connectivity index (χ3v) is 3.01. The molecule has 3 rings (SSSR count). The first kappa shape index (κ1) is 11.7. The quantitative estimate of drug-likeness (QED) is 0.681. The van der Waals surface area contributed by atoms with Crippen molar-refractivity contribution in [3.8, 4) is 5.75 Å². The first-order chi connectivity index (χ1) is 9.13. The van der Waals surface area contributed by atoms with Gasteiger partial charge in [-0.05, 0) is 24.3 Å². The molecule has 1 heterocycles. The maximum absolute atomic E-state index is 9.47. The molecule has 0 unspecified atom stereocenters. The van der Waals surface area contributed by atoms with Crippen molar-refractivity contribution >= 4 is 36.0 Å². The molecule has 5 heteroatoms. The van der Waals surface area contributed by atoms with E-state index in [1.54, 1.807) is 12.1 Å². The number of aromatic hydroxyl groups is 1. The average molecular weight is 249 g/mol. The Balaban J connectivity index is 2.03.